The first-order chi connectivity index (χ1) is 8.20. The number of thiophene rings is 1. The third-order valence-corrected chi connectivity index (χ3v) is 3.81. The van der Waals surface area contributed by atoms with E-state index in [-0.39, 0.29) is 6.04 Å². The quantitative estimate of drug-likeness (QED) is 0.887. The minimum Gasteiger partial charge on any atom is -0.338 e. The monoisotopic (exact) mass is 251 g/mol. The van der Waals surface area contributed by atoms with E-state index in [4.69, 9.17) is 10.3 Å². The summed E-state index contributed by atoms with van der Waals surface area (Å²) in [6, 6.07) is 3.92. The Balaban J connectivity index is 2.05. The van der Waals surface area contributed by atoms with Crippen molar-refractivity contribution in [2.45, 2.75) is 32.7 Å². The largest absolute Gasteiger partial charge is 0.338 e. The molecule has 0 saturated heterocycles. The Morgan fingerprint density at radius 3 is 3.00 bits per heavy atom. The van der Waals surface area contributed by atoms with Crippen LogP contribution in [0.2, 0.25) is 0 Å². The number of hydrogen-bond donors (Lipinski definition) is 1. The van der Waals surface area contributed by atoms with Crippen LogP contribution < -0.4 is 5.73 Å². The third kappa shape index (κ3) is 2.92. The first kappa shape index (κ1) is 12.3. The molecule has 4 nitrogen and oxygen atoms in total. The predicted molar refractivity (Wildman–Crippen MR) is 67.8 cm³/mol. The molecule has 2 atom stereocenters. The van der Waals surface area contributed by atoms with E-state index in [9.17, 15) is 0 Å². The van der Waals surface area contributed by atoms with Gasteiger partial charge in [0.05, 0.1) is 6.04 Å². The summed E-state index contributed by atoms with van der Waals surface area (Å²) in [5.74, 6) is 1.61. The van der Waals surface area contributed by atoms with Crippen molar-refractivity contribution in [3.05, 3.63) is 34.1 Å². The molecule has 0 saturated carbocycles. The number of hydrogen-bond acceptors (Lipinski definition) is 5. The van der Waals surface area contributed by atoms with Gasteiger partial charge in [-0.3, -0.25) is 0 Å². The lowest BCUT2D eigenvalue weighted by Crippen LogP contribution is -2.18. The second kappa shape index (κ2) is 5.42. The molecule has 92 valence electrons. The first-order valence-corrected chi connectivity index (χ1v) is 6.69. The molecule has 5 heteroatoms. The molecule has 2 heterocycles. The highest BCUT2D eigenvalue weighted by atomic mass is 32.1. The fraction of sp³-hybridized carbons (Fsp3) is 0.500. The van der Waals surface area contributed by atoms with Crippen molar-refractivity contribution >= 4 is 11.3 Å². The summed E-state index contributed by atoms with van der Waals surface area (Å²) < 4.78 is 5.22. The van der Waals surface area contributed by atoms with Gasteiger partial charge < -0.3 is 10.3 Å². The average Bonchev–Trinajstić information content (AvgIpc) is 2.99. The zero-order valence-corrected chi connectivity index (χ0v) is 10.9. The fourth-order valence-electron chi connectivity index (χ4n) is 1.54. The minimum absolute atomic E-state index is 0.162. The van der Waals surface area contributed by atoms with E-state index < -0.39 is 0 Å². The molecule has 2 aromatic rings. The van der Waals surface area contributed by atoms with Crippen LogP contribution >= 0.6 is 11.3 Å². The molecule has 0 radical (unpaired) electrons. The van der Waals surface area contributed by atoms with Crippen molar-refractivity contribution in [1.29, 1.82) is 0 Å². The van der Waals surface area contributed by atoms with Gasteiger partial charge in [0.25, 0.3) is 0 Å². The van der Waals surface area contributed by atoms with E-state index in [1.165, 1.54) is 4.88 Å². The molecule has 2 rings (SSSR count). The van der Waals surface area contributed by atoms with Gasteiger partial charge in [-0.15, -0.1) is 11.3 Å². The molecule has 2 unspecified atom stereocenters. The van der Waals surface area contributed by atoms with Crippen LogP contribution in [0.5, 0.6) is 0 Å². The Morgan fingerprint density at radius 1 is 1.53 bits per heavy atom. The zero-order valence-electron chi connectivity index (χ0n) is 10.1. The summed E-state index contributed by atoms with van der Waals surface area (Å²) in [6.07, 6.45) is 1.72. The summed E-state index contributed by atoms with van der Waals surface area (Å²) in [4.78, 5) is 5.59. The highest BCUT2D eigenvalue weighted by molar-refractivity contribution is 7.09. The summed E-state index contributed by atoms with van der Waals surface area (Å²) in [5, 5.41) is 6.01. The molecule has 17 heavy (non-hydrogen) atoms. The van der Waals surface area contributed by atoms with Crippen LogP contribution in [-0.4, -0.2) is 10.1 Å². The van der Waals surface area contributed by atoms with Gasteiger partial charge in [-0.25, -0.2) is 0 Å². The molecule has 0 bridgehead atoms. The van der Waals surface area contributed by atoms with E-state index in [1.807, 2.05) is 11.4 Å². The summed E-state index contributed by atoms with van der Waals surface area (Å²) >= 11 is 1.69. The lowest BCUT2D eigenvalue weighted by Gasteiger charge is -2.12. The SMILES string of the molecule is CCC(C)C(N)c1nc(Cc2cccs2)no1. The number of aromatic nitrogens is 2. The smallest absolute Gasteiger partial charge is 0.243 e. The molecular weight excluding hydrogens is 234 g/mol. The molecule has 2 N–H and O–H groups in total. The molecule has 0 amide bonds. The van der Waals surface area contributed by atoms with Gasteiger partial charge in [-0.05, 0) is 17.4 Å². The van der Waals surface area contributed by atoms with Gasteiger partial charge in [0.15, 0.2) is 5.82 Å². The van der Waals surface area contributed by atoms with Crippen molar-refractivity contribution in [3.63, 3.8) is 0 Å². The summed E-state index contributed by atoms with van der Waals surface area (Å²) in [5.41, 5.74) is 6.04. The van der Waals surface area contributed by atoms with Crippen LogP contribution in [0.25, 0.3) is 0 Å². The highest BCUT2D eigenvalue weighted by Crippen LogP contribution is 2.21. The second-order valence-corrected chi connectivity index (χ2v) is 5.25. The van der Waals surface area contributed by atoms with Gasteiger partial charge >= 0.3 is 0 Å². The lowest BCUT2D eigenvalue weighted by molar-refractivity contribution is 0.310. The van der Waals surface area contributed by atoms with Gasteiger partial charge in [-0.1, -0.05) is 31.5 Å². The molecule has 0 aliphatic heterocycles. The number of rotatable bonds is 5. The standard InChI is InChI=1S/C12H17N3OS/c1-3-8(2)11(13)12-14-10(15-16-12)7-9-5-4-6-17-9/h4-6,8,11H,3,7,13H2,1-2H3. The first-order valence-electron chi connectivity index (χ1n) is 5.81. The fourth-order valence-corrected chi connectivity index (χ4v) is 2.24. The van der Waals surface area contributed by atoms with E-state index in [0.29, 0.717) is 24.1 Å². The van der Waals surface area contributed by atoms with Crippen molar-refractivity contribution in [2.24, 2.45) is 11.7 Å². The Labute approximate surface area is 105 Å². The van der Waals surface area contributed by atoms with Crippen LogP contribution in [0.1, 0.15) is 42.9 Å². The normalized spacial score (nSPS) is 14.8. The predicted octanol–water partition coefficient (Wildman–Crippen LogP) is 2.77. The molecule has 0 spiro atoms. The van der Waals surface area contributed by atoms with E-state index in [2.05, 4.69) is 30.1 Å². The van der Waals surface area contributed by atoms with Crippen LogP contribution in [0.3, 0.4) is 0 Å². The molecule has 0 aliphatic rings. The van der Waals surface area contributed by atoms with Crippen molar-refractivity contribution in [1.82, 2.24) is 10.1 Å². The minimum atomic E-state index is -0.162. The van der Waals surface area contributed by atoms with Crippen LogP contribution in [0.15, 0.2) is 22.0 Å². The maximum atomic E-state index is 6.04. The Hall–Kier alpha value is -1.20. The van der Waals surface area contributed by atoms with Crippen LogP contribution in [0, 0.1) is 5.92 Å². The topological polar surface area (TPSA) is 64.9 Å². The van der Waals surface area contributed by atoms with E-state index in [1.54, 1.807) is 11.3 Å². The van der Waals surface area contributed by atoms with Crippen molar-refractivity contribution < 1.29 is 4.52 Å². The molecule has 2 aromatic heterocycles. The summed E-state index contributed by atoms with van der Waals surface area (Å²) in [7, 11) is 0. The Kier molecular flexibility index (Phi) is 3.91. The molecule has 0 fully saturated rings. The third-order valence-electron chi connectivity index (χ3n) is 2.94. The maximum absolute atomic E-state index is 6.04. The van der Waals surface area contributed by atoms with Gasteiger partial charge in [0.2, 0.25) is 5.89 Å². The maximum Gasteiger partial charge on any atom is 0.243 e. The lowest BCUT2D eigenvalue weighted by atomic mass is 10.0. The van der Waals surface area contributed by atoms with Gasteiger partial charge in [-0.2, -0.15) is 4.98 Å². The molecule has 0 aromatic carbocycles. The van der Waals surface area contributed by atoms with Crippen molar-refractivity contribution in [3.8, 4) is 0 Å². The highest BCUT2D eigenvalue weighted by Gasteiger charge is 2.20. The zero-order chi connectivity index (χ0) is 12.3. The van der Waals surface area contributed by atoms with E-state index >= 15 is 0 Å². The second-order valence-electron chi connectivity index (χ2n) is 4.22. The number of nitrogens with zero attached hydrogens (tertiary/aromatic N) is 2. The Bertz CT molecular complexity index is 452. The summed E-state index contributed by atoms with van der Waals surface area (Å²) in [6.45, 7) is 4.20. The van der Waals surface area contributed by atoms with Crippen LogP contribution in [-0.2, 0) is 6.42 Å². The average molecular weight is 251 g/mol. The van der Waals surface area contributed by atoms with Crippen molar-refractivity contribution in [2.75, 3.05) is 0 Å². The molecular formula is C12H17N3OS. The van der Waals surface area contributed by atoms with E-state index in [0.717, 1.165) is 6.42 Å². The Morgan fingerprint density at radius 2 is 2.35 bits per heavy atom. The van der Waals surface area contributed by atoms with Crippen LogP contribution in [0.4, 0.5) is 0 Å². The molecule has 0 aliphatic carbocycles. The van der Waals surface area contributed by atoms with Gasteiger partial charge in [0, 0.05) is 11.3 Å². The number of nitrogens with two attached hydrogens (primary N) is 1. The van der Waals surface area contributed by atoms with Gasteiger partial charge in [0.1, 0.15) is 0 Å².